The number of nitrogens with zero attached hydrogens (tertiary/aromatic N) is 1. The molecular formula is C15H23N3O2S. The summed E-state index contributed by atoms with van der Waals surface area (Å²) in [5.41, 5.74) is 7.08. The zero-order chi connectivity index (χ0) is 15.4. The van der Waals surface area contributed by atoms with Crippen molar-refractivity contribution in [2.24, 2.45) is 0 Å². The summed E-state index contributed by atoms with van der Waals surface area (Å²) in [6, 6.07) is 5.11. The molecule has 1 amide bonds. The Hall–Kier alpha value is -1.40. The molecule has 0 radical (unpaired) electrons. The van der Waals surface area contributed by atoms with Crippen LogP contribution in [0, 0.1) is 0 Å². The van der Waals surface area contributed by atoms with Crippen molar-refractivity contribution < 1.29 is 9.53 Å². The molecule has 5 nitrogen and oxygen atoms in total. The van der Waals surface area contributed by atoms with Crippen molar-refractivity contribution in [1.29, 1.82) is 0 Å². The third-order valence-electron chi connectivity index (χ3n) is 3.72. The predicted molar refractivity (Wildman–Crippen MR) is 89.0 cm³/mol. The van der Waals surface area contributed by atoms with Gasteiger partial charge in [0.05, 0.1) is 24.5 Å². The minimum Gasteiger partial charge on any atom is -0.497 e. The normalized spacial score (nSPS) is 20.8. The van der Waals surface area contributed by atoms with E-state index in [9.17, 15) is 4.79 Å². The van der Waals surface area contributed by atoms with Gasteiger partial charge in [-0.2, -0.15) is 11.8 Å². The highest BCUT2D eigenvalue weighted by atomic mass is 32.2. The Balaban J connectivity index is 2.00. The Labute approximate surface area is 130 Å². The highest BCUT2D eigenvalue weighted by Gasteiger charge is 2.26. The van der Waals surface area contributed by atoms with Crippen LogP contribution in [0.25, 0.3) is 0 Å². The molecule has 1 fully saturated rings. The lowest BCUT2D eigenvalue weighted by Crippen LogP contribution is -2.47. The van der Waals surface area contributed by atoms with E-state index in [0.717, 1.165) is 18.8 Å². The van der Waals surface area contributed by atoms with Crippen LogP contribution < -0.4 is 15.8 Å². The zero-order valence-electron chi connectivity index (χ0n) is 12.8. The first-order chi connectivity index (χ1) is 10.0. The van der Waals surface area contributed by atoms with E-state index in [1.54, 1.807) is 25.3 Å². The Kier molecular flexibility index (Phi) is 5.36. The summed E-state index contributed by atoms with van der Waals surface area (Å²) in [4.78, 5) is 14.6. The van der Waals surface area contributed by atoms with Gasteiger partial charge in [0.15, 0.2) is 0 Å². The van der Waals surface area contributed by atoms with E-state index in [0.29, 0.717) is 22.4 Å². The third-order valence-corrected chi connectivity index (χ3v) is 4.85. The summed E-state index contributed by atoms with van der Waals surface area (Å²) in [5.74, 6) is 1.73. The number of carbonyl (C=O) groups is 1. The van der Waals surface area contributed by atoms with Gasteiger partial charge >= 0.3 is 0 Å². The zero-order valence-corrected chi connectivity index (χ0v) is 13.6. The molecule has 3 N–H and O–H groups in total. The van der Waals surface area contributed by atoms with Gasteiger partial charge in [-0.3, -0.25) is 9.69 Å². The molecule has 1 aromatic carbocycles. The first-order valence-electron chi connectivity index (χ1n) is 7.11. The lowest BCUT2D eigenvalue weighted by atomic mass is 10.2. The van der Waals surface area contributed by atoms with Gasteiger partial charge in [0.2, 0.25) is 5.91 Å². The van der Waals surface area contributed by atoms with Crippen molar-refractivity contribution in [3.8, 4) is 5.75 Å². The molecule has 1 heterocycles. The number of nitrogens with two attached hydrogens (primary N) is 1. The highest BCUT2D eigenvalue weighted by Crippen LogP contribution is 2.25. The van der Waals surface area contributed by atoms with Crippen molar-refractivity contribution in [3.05, 3.63) is 18.2 Å². The molecule has 116 valence electrons. The van der Waals surface area contributed by atoms with E-state index in [4.69, 9.17) is 10.5 Å². The van der Waals surface area contributed by atoms with E-state index < -0.39 is 0 Å². The van der Waals surface area contributed by atoms with Crippen LogP contribution in [-0.2, 0) is 4.79 Å². The minimum absolute atomic E-state index is 0.0223. The molecule has 21 heavy (non-hydrogen) atoms. The van der Waals surface area contributed by atoms with Crippen LogP contribution in [0.4, 0.5) is 11.4 Å². The number of nitrogens with one attached hydrogen (secondary N) is 1. The number of hydrogen-bond acceptors (Lipinski definition) is 5. The van der Waals surface area contributed by atoms with Gasteiger partial charge in [-0.1, -0.05) is 6.92 Å². The number of methoxy groups -OCH3 is 1. The third kappa shape index (κ3) is 4.04. The number of rotatable bonds is 4. The predicted octanol–water partition coefficient (Wildman–Crippen LogP) is 2.04. The maximum atomic E-state index is 12.4. The second-order valence-electron chi connectivity index (χ2n) is 5.29. The first-order valence-corrected chi connectivity index (χ1v) is 8.16. The molecule has 0 bridgehead atoms. The second kappa shape index (κ2) is 7.04. The molecule has 2 rings (SSSR count). The van der Waals surface area contributed by atoms with Crippen LogP contribution in [-0.4, -0.2) is 48.1 Å². The molecular weight excluding hydrogens is 286 g/mol. The maximum absolute atomic E-state index is 12.4. The molecule has 0 aliphatic carbocycles. The summed E-state index contributed by atoms with van der Waals surface area (Å²) in [5, 5.41) is 3.47. The van der Waals surface area contributed by atoms with Crippen LogP contribution in [0.2, 0.25) is 0 Å². The minimum atomic E-state index is -0.158. The molecule has 0 aromatic heterocycles. The average Bonchev–Trinajstić information content (AvgIpc) is 2.48. The van der Waals surface area contributed by atoms with Crippen molar-refractivity contribution in [2.75, 3.05) is 37.0 Å². The smallest absolute Gasteiger partial charge is 0.241 e. The van der Waals surface area contributed by atoms with Gasteiger partial charge in [0.1, 0.15) is 5.75 Å². The summed E-state index contributed by atoms with van der Waals surface area (Å²) < 4.78 is 5.11. The molecule has 0 saturated carbocycles. The summed E-state index contributed by atoms with van der Waals surface area (Å²) in [6.07, 6.45) is 0. The molecule has 1 aliphatic heterocycles. The van der Waals surface area contributed by atoms with Gasteiger partial charge < -0.3 is 15.8 Å². The fourth-order valence-corrected chi connectivity index (χ4v) is 3.42. The summed E-state index contributed by atoms with van der Waals surface area (Å²) in [6.45, 7) is 6.03. The lowest BCUT2D eigenvalue weighted by molar-refractivity contribution is -0.120. The standard InChI is InChI=1S/C15H23N3O2S/c1-10-9-18(6-7-21-10)11(2)15(19)17-14-5-4-12(20-3)8-13(14)16/h4-5,8,10-11H,6-7,9,16H2,1-3H3,(H,17,19). The number of hydrogen-bond donors (Lipinski definition) is 2. The Bertz CT molecular complexity index is 510. The van der Waals surface area contributed by atoms with Crippen molar-refractivity contribution in [1.82, 2.24) is 4.90 Å². The molecule has 2 atom stereocenters. The van der Waals surface area contributed by atoms with E-state index in [-0.39, 0.29) is 11.9 Å². The van der Waals surface area contributed by atoms with Gasteiger partial charge in [-0.05, 0) is 19.1 Å². The van der Waals surface area contributed by atoms with E-state index in [1.165, 1.54) is 0 Å². The Morgan fingerprint density at radius 3 is 2.95 bits per heavy atom. The van der Waals surface area contributed by atoms with Gasteiger partial charge in [-0.25, -0.2) is 0 Å². The fourth-order valence-electron chi connectivity index (χ4n) is 2.38. The van der Waals surface area contributed by atoms with E-state index in [2.05, 4.69) is 17.1 Å². The van der Waals surface area contributed by atoms with Crippen LogP contribution in [0.3, 0.4) is 0 Å². The molecule has 1 aromatic rings. The molecule has 1 aliphatic rings. The van der Waals surface area contributed by atoms with Crippen LogP contribution in [0.1, 0.15) is 13.8 Å². The Morgan fingerprint density at radius 1 is 1.57 bits per heavy atom. The van der Waals surface area contributed by atoms with Gasteiger partial charge in [0.25, 0.3) is 0 Å². The van der Waals surface area contributed by atoms with Crippen LogP contribution in [0.15, 0.2) is 18.2 Å². The topological polar surface area (TPSA) is 67.6 Å². The highest BCUT2D eigenvalue weighted by molar-refractivity contribution is 7.99. The summed E-state index contributed by atoms with van der Waals surface area (Å²) >= 11 is 1.95. The first kappa shape index (κ1) is 16.0. The van der Waals surface area contributed by atoms with Gasteiger partial charge in [-0.15, -0.1) is 0 Å². The van der Waals surface area contributed by atoms with Gasteiger partial charge in [0, 0.05) is 30.2 Å². The van der Waals surface area contributed by atoms with Crippen molar-refractivity contribution in [3.63, 3.8) is 0 Å². The SMILES string of the molecule is COc1ccc(NC(=O)C(C)N2CCSC(C)C2)c(N)c1. The van der Waals surface area contributed by atoms with Crippen molar-refractivity contribution >= 4 is 29.0 Å². The molecule has 6 heteroatoms. The number of anilines is 2. The number of benzene rings is 1. The second-order valence-corrected chi connectivity index (χ2v) is 6.84. The number of carbonyl (C=O) groups excluding carboxylic acids is 1. The average molecular weight is 309 g/mol. The number of amides is 1. The van der Waals surface area contributed by atoms with Crippen LogP contribution in [0.5, 0.6) is 5.75 Å². The fraction of sp³-hybridized carbons (Fsp3) is 0.533. The van der Waals surface area contributed by atoms with Crippen molar-refractivity contribution in [2.45, 2.75) is 25.1 Å². The number of thioether (sulfide) groups is 1. The molecule has 1 saturated heterocycles. The van der Waals surface area contributed by atoms with Crippen LogP contribution >= 0.6 is 11.8 Å². The molecule has 2 unspecified atom stereocenters. The number of nitrogen functional groups attached to an aromatic ring is 1. The maximum Gasteiger partial charge on any atom is 0.241 e. The van der Waals surface area contributed by atoms with E-state index in [1.807, 2.05) is 18.7 Å². The number of ether oxygens (including phenoxy) is 1. The summed E-state index contributed by atoms with van der Waals surface area (Å²) in [7, 11) is 1.59. The lowest BCUT2D eigenvalue weighted by Gasteiger charge is -2.34. The largest absolute Gasteiger partial charge is 0.497 e. The van der Waals surface area contributed by atoms with E-state index >= 15 is 0 Å². The Morgan fingerprint density at radius 2 is 2.33 bits per heavy atom. The monoisotopic (exact) mass is 309 g/mol. The quantitative estimate of drug-likeness (QED) is 0.833. The molecule has 0 spiro atoms.